The average Bonchev–Trinajstić information content (AvgIpc) is 2.55. The van der Waals surface area contributed by atoms with Crippen molar-refractivity contribution in [2.45, 2.75) is 47.5 Å². The minimum atomic E-state index is -0.0292. The van der Waals surface area contributed by atoms with E-state index in [9.17, 15) is 4.79 Å². The SMILES string of the molecule is CCc1cc(C)cc(CC)c1N=C(C)c1cccc(C(C)=O)n1. The molecule has 0 amide bonds. The van der Waals surface area contributed by atoms with E-state index in [0.29, 0.717) is 5.69 Å². The molecule has 3 nitrogen and oxygen atoms in total. The molecule has 0 saturated carbocycles. The van der Waals surface area contributed by atoms with E-state index >= 15 is 0 Å². The van der Waals surface area contributed by atoms with Crippen molar-refractivity contribution in [3.8, 4) is 0 Å². The Bertz CT molecular complexity index is 735. The molecule has 23 heavy (non-hydrogen) atoms. The first-order valence-electron chi connectivity index (χ1n) is 8.12. The number of rotatable bonds is 5. The zero-order valence-corrected chi connectivity index (χ0v) is 14.6. The number of carbonyl (C=O) groups excluding carboxylic acids is 1. The number of aryl methyl sites for hydroxylation is 3. The maximum Gasteiger partial charge on any atom is 0.178 e. The van der Waals surface area contributed by atoms with E-state index in [4.69, 9.17) is 4.99 Å². The van der Waals surface area contributed by atoms with Crippen LogP contribution in [0.5, 0.6) is 0 Å². The summed E-state index contributed by atoms with van der Waals surface area (Å²) in [6, 6.07) is 9.89. The van der Waals surface area contributed by atoms with Gasteiger partial charge in [-0.05, 0) is 49.9 Å². The number of hydrogen-bond donors (Lipinski definition) is 0. The third-order valence-electron chi connectivity index (χ3n) is 3.93. The second-order valence-corrected chi connectivity index (χ2v) is 5.80. The van der Waals surface area contributed by atoms with Gasteiger partial charge < -0.3 is 0 Å². The topological polar surface area (TPSA) is 42.3 Å². The van der Waals surface area contributed by atoms with Crippen molar-refractivity contribution in [1.82, 2.24) is 4.98 Å². The first-order chi connectivity index (χ1) is 11.0. The predicted octanol–water partition coefficient (Wildman–Crippen LogP) is 4.86. The van der Waals surface area contributed by atoms with Gasteiger partial charge >= 0.3 is 0 Å². The van der Waals surface area contributed by atoms with Crippen LogP contribution in [0.1, 0.15) is 60.6 Å². The van der Waals surface area contributed by atoms with E-state index in [2.05, 4.69) is 37.9 Å². The van der Waals surface area contributed by atoms with E-state index in [-0.39, 0.29) is 5.78 Å². The molecule has 1 aromatic carbocycles. The molecule has 0 bridgehead atoms. The number of pyridine rings is 1. The highest BCUT2D eigenvalue weighted by Gasteiger charge is 2.10. The average molecular weight is 308 g/mol. The minimum absolute atomic E-state index is 0.0292. The Labute approximate surface area is 138 Å². The van der Waals surface area contributed by atoms with E-state index in [0.717, 1.165) is 29.9 Å². The van der Waals surface area contributed by atoms with Crippen LogP contribution < -0.4 is 0 Å². The molecular formula is C20H24N2O. The van der Waals surface area contributed by atoms with Crippen molar-refractivity contribution in [3.63, 3.8) is 0 Å². The number of Topliss-reactive ketones (excluding diaryl/α,β-unsaturated/α-hetero) is 1. The van der Waals surface area contributed by atoms with Crippen molar-refractivity contribution in [2.75, 3.05) is 0 Å². The summed E-state index contributed by atoms with van der Waals surface area (Å²) >= 11 is 0. The summed E-state index contributed by atoms with van der Waals surface area (Å²) in [5, 5.41) is 0. The molecule has 0 saturated heterocycles. The highest BCUT2D eigenvalue weighted by Crippen LogP contribution is 2.28. The molecule has 3 heteroatoms. The zero-order valence-electron chi connectivity index (χ0n) is 14.6. The highest BCUT2D eigenvalue weighted by atomic mass is 16.1. The summed E-state index contributed by atoms with van der Waals surface area (Å²) < 4.78 is 0. The van der Waals surface area contributed by atoms with Crippen LogP contribution in [-0.4, -0.2) is 16.5 Å². The van der Waals surface area contributed by atoms with Gasteiger partial charge in [0, 0.05) is 6.92 Å². The Morgan fingerprint density at radius 3 is 2.13 bits per heavy atom. The Balaban J connectivity index is 2.53. The van der Waals surface area contributed by atoms with Crippen molar-refractivity contribution in [2.24, 2.45) is 4.99 Å². The molecule has 0 aliphatic carbocycles. The van der Waals surface area contributed by atoms with E-state index in [1.54, 1.807) is 6.07 Å². The lowest BCUT2D eigenvalue weighted by molar-refractivity contribution is 0.101. The van der Waals surface area contributed by atoms with Crippen LogP contribution in [0.15, 0.2) is 35.3 Å². The lowest BCUT2D eigenvalue weighted by Crippen LogP contribution is -2.04. The first kappa shape index (κ1) is 17.1. The largest absolute Gasteiger partial charge is 0.293 e. The summed E-state index contributed by atoms with van der Waals surface area (Å²) in [6.07, 6.45) is 1.89. The summed E-state index contributed by atoms with van der Waals surface area (Å²) in [5.41, 5.74) is 6.89. The Morgan fingerprint density at radius 2 is 1.61 bits per heavy atom. The van der Waals surface area contributed by atoms with Gasteiger partial charge in [-0.25, -0.2) is 4.98 Å². The summed E-state index contributed by atoms with van der Waals surface area (Å²) in [7, 11) is 0. The molecule has 0 unspecified atom stereocenters. The number of ketones is 1. The normalized spacial score (nSPS) is 11.6. The van der Waals surface area contributed by atoms with Crippen molar-refractivity contribution < 1.29 is 4.79 Å². The Morgan fingerprint density at radius 1 is 1.04 bits per heavy atom. The van der Waals surface area contributed by atoms with Crippen molar-refractivity contribution >= 4 is 17.2 Å². The van der Waals surface area contributed by atoms with Gasteiger partial charge in [0.2, 0.25) is 0 Å². The third kappa shape index (κ3) is 3.92. The van der Waals surface area contributed by atoms with Crippen LogP contribution in [0.2, 0.25) is 0 Å². The van der Waals surface area contributed by atoms with Gasteiger partial charge in [-0.15, -0.1) is 0 Å². The van der Waals surface area contributed by atoms with Crippen LogP contribution in [0, 0.1) is 6.92 Å². The number of aliphatic imine (C=N–C) groups is 1. The molecule has 0 aliphatic rings. The lowest BCUT2D eigenvalue weighted by atomic mass is 10.00. The summed E-state index contributed by atoms with van der Waals surface area (Å²) in [5.74, 6) is -0.0292. The zero-order chi connectivity index (χ0) is 17.0. The molecule has 0 N–H and O–H groups in total. The number of carbonyl (C=O) groups is 1. The van der Waals surface area contributed by atoms with Gasteiger partial charge in [-0.2, -0.15) is 0 Å². The molecule has 2 aromatic rings. The predicted molar refractivity (Wildman–Crippen MR) is 96.0 cm³/mol. The Hall–Kier alpha value is -2.29. The number of benzene rings is 1. The molecule has 120 valence electrons. The van der Waals surface area contributed by atoms with Gasteiger partial charge in [-0.1, -0.05) is 37.6 Å². The van der Waals surface area contributed by atoms with Gasteiger partial charge in [-0.3, -0.25) is 9.79 Å². The van der Waals surface area contributed by atoms with Crippen LogP contribution >= 0.6 is 0 Å². The highest BCUT2D eigenvalue weighted by molar-refractivity contribution is 6.00. The van der Waals surface area contributed by atoms with E-state index < -0.39 is 0 Å². The Kier molecular flexibility index (Phi) is 5.43. The third-order valence-corrected chi connectivity index (χ3v) is 3.93. The molecule has 0 aliphatic heterocycles. The smallest absolute Gasteiger partial charge is 0.178 e. The van der Waals surface area contributed by atoms with Crippen LogP contribution in [-0.2, 0) is 12.8 Å². The fourth-order valence-corrected chi connectivity index (χ4v) is 2.67. The quantitative estimate of drug-likeness (QED) is 0.585. The molecule has 0 spiro atoms. The van der Waals surface area contributed by atoms with Crippen LogP contribution in [0.3, 0.4) is 0 Å². The molecule has 1 aromatic heterocycles. The van der Waals surface area contributed by atoms with Crippen LogP contribution in [0.4, 0.5) is 5.69 Å². The molecule has 0 fully saturated rings. The number of hydrogen-bond acceptors (Lipinski definition) is 3. The number of nitrogens with zero attached hydrogens (tertiary/aromatic N) is 2. The van der Waals surface area contributed by atoms with E-state index in [1.807, 2.05) is 19.1 Å². The molecule has 0 radical (unpaired) electrons. The maximum absolute atomic E-state index is 11.5. The minimum Gasteiger partial charge on any atom is -0.293 e. The molecular weight excluding hydrogens is 284 g/mol. The van der Waals surface area contributed by atoms with Crippen LogP contribution in [0.25, 0.3) is 0 Å². The van der Waals surface area contributed by atoms with Gasteiger partial charge in [0.1, 0.15) is 5.69 Å². The fourth-order valence-electron chi connectivity index (χ4n) is 2.67. The fraction of sp³-hybridized carbons (Fsp3) is 0.350. The van der Waals surface area contributed by atoms with Crippen molar-refractivity contribution in [1.29, 1.82) is 0 Å². The number of aromatic nitrogens is 1. The lowest BCUT2D eigenvalue weighted by Gasteiger charge is -2.12. The van der Waals surface area contributed by atoms with E-state index in [1.165, 1.54) is 23.6 Å². The first-order valence-corrected chi connectivity index (χ1v) is 8.12. The van der Waals surface area contributed by atoms with Gasteiger partial charge in [0.05, 0.1) is 17.1 Å². The second kappa shape index (κ2) is 7.32. The maximum atomic E-state index is 11.5. The van der Waals surface area contributed by atoms with Gasteiger partial charge in [0.15, 0.2) is 5.78 Å². The van der Waals surface area contributed by atoms with Crippen molar-refractivity contribution in [3.05, 3.63) is 58.4 Å². The summed E-state index contributed by atoms with van der Waals surface area (Å²) in [4.78, 5) is 20.8. The standard InChI is InChI=1S/C20H24N2O/c1-6-16-11-13(3)12-17(7-2)20(16)21-14(4)18-9-8-10-19(22-18)15(5)23/h8-12H,6-7H2,1-5H3. The summed E-state index contributed by atoms with van der Waals surface area (Å²) in [6.45, 7) is 9.90. The van der Waals surface area contributed by atoms with Gasteiger partial charge in [0.25, 0.3) is 0 Å². The molecule has 2 rings (SSSR count). The molecule has 0 atom stereocenters. The monoisotopic (exact) mass is 308 g/mol. The second-order valence-electron chi connectivity index (χ2n) is 5.80. The molecule has 1 heterocycles.